The Balaban J connectivity index is 1.74. The molecule has 0 bridgehead atoms. The van der Waals surface area contributed by atoms with Gasteiger partial charge in [0, 0.05) is 0 Å². The number of hydrogen-bond acceptors (Lipinski definition) is 12. The molecule has 4 rings (SSSR count). The highest BCUT2D eigenvalue weighted by Gasteiger charge is 2.55. The third-order valence-corrected chi connectivity index (χ3v) is 19.0. The Labute approximate surface area is 272 Å². The van der Waals surface area contributed by atoms with Crippen molar-refractivity contribution >= 4 is 49.8 Å². The molecule has 3 aromatic rings. The molecule has 0 radical (unpaired) electrons. The van der Waals surface area contributed by atoms with Crippen LogP contribution in [0, 0.1) is 0 Å². The molecule has 4 N–H and O–H groups in total. The number of nitrogen functional groups attached to an aromatic ring is 1. The van der Waals surface area contributed by atoms with E-state index in [9.17, 15) is 18.3 Å². The summed E-state index contributed by atoms with van der Waals surface area (Å²) in [5.74, 6) is -1.22. The van der Waals surface area contributed by atoms with Gasteiger partial charge >= 0.3 is 10.3 Å². The van der Waals surface area contributed by atoms with Crippen molar-refractivity contribution < 1.29 is 36.1 Å². The van der Waals surface area contributed by atoms with E-state index in [2.05, 4.69) is 82.7 Å². The molecule has 1 saturated heterocycles. The third kappa shape index (κ3) is 7.45. The fourth-order valence-electron chi connectivity index (χ4n) is 4.44. The molecule has 3 heterocycles. The molecular weight excluding hydrogens is 649 g/mol. The van der Waals surface area contributed by atoms with Gasteiger partial charge in [0.1, 0.15) is 35.9 Å². The molecule has 0 aliphatic carbocycles. The first kappa shape index (κ1) is 35.9. The van der Waals surface area contributed by atoms with Crippen LogP contribution >= 0.6 is 0 Å². The monoisotopic (exact) mass is 694 g/mol. The van der Waals surface area contributed by atoms with Gasteiger partial charge in [0.15, 0.2) is 34.3 Å². The van der Waals surface area contributed by atoms with E-state index in [1.54, 1.807) is 4.57 Å². The predicted molar refractivity (Wildman–Crippen MR) is 178 cm³/mol. The van der Waals surface area contributed by atoms with Gasteiger partial charge in [-0.2, -0.15) is 8.42 Å². The maximum absolute atomic E-state index is 13.0. The number of nitrogens with zero attached hydrogens (tertiary/aromatic N) is 4. The summed E-state index contributed by atoms with van der Waals surface area (Å²) in [4.78, 5) is 25.5. The zero-order chi connectivity index (χ0) is 34.5. The molecule has 1 aliphatic heterocycles. The van der Waals surface area contributed by atoms with E-state index in [1.165, 1.54) is 36.9 Å². The highest BCUT2D eigenvalue weighted by atomic mass is 32.2. The molecule has 1 aromatic carbocycles. The summed E-state index contributed by atoms with van der Waals surface area (Å²) in [6, 6.07) is 5.58. The molecule has 2 aromatic heterocycles. The lowest BCUT2D eigenvalue weighted by Crippen LogP contribution is -2.54. The van der Waals surface area contributed by atoms with Gasteiger partial charge in [0.25, 0.3) is 5.91 Å². The Bertz CT molecular complexity index is 1690. The number of carbonyl (C=O) groups is 1. The van der Waals surface area contributed by atoms with Crippen LogP contribution in [0.5, 0.6) is 5.75 Å². The summed E-state index contributed by atoms with van der Waals surface area (Å²) in [7, 11) is -9.66. The largest absolute Gasteiger partial charge is 0.507 e. The molecule has 1 fully saturated rings. The number of phenols is 1. The zero-order valence-corrected chi connectivity index (χ0v) is 30.9. The number of phenolic OH excluding ortho intramolecular Hbond substituents is 1. The maximum Gasteiger partial charge on any atom is 0.362 e. The van der Waals surface area contributed by atoms with Crippen molar-refractivity contribution in [3.63, 3.8) is 0 Å². The average molecular weight is 695 g/mol. The second-order valence-electron chi connectivity index (χ2n) is 14.5. The Hall–Kier alpha value is -2.94. The Morgan fingerprint density at radius 2 is 1.59 bits per heavy atom. The van der Waals surface area contributed by atoms with Gasteiger partial charge in [-0.1, -0.05) is 53.7 Å². The van der Waals surface area contributed by atoms with E-state index in [4.69, 9.17) is 23.5 Å². The van der Waals surface area contributed by atoms with Crippen LogP contribution in [0.15, 0.2) is 36.9 Å². The number of para-hydroxylation sites is 1. The van der Waals surface area contributed by atoms with Crippen LogP contribution in [0.3, 0.4) is 0 Å². The third-order valence-electron chi connectivity index (χ3n) is 9.17. The van der Waals surface area contributed by atoms with Crippen molar-refractivity contribution in [2.45, 2.75) is 102 Å². The fourth-order valence-corrected chi connectivity index (χ4v) is 7.76. The highest BCUT2D eigenvalue weighted by Crippen LogP contribution is 2.46. The number of fused-ring (bicyclic) bond motifs is 1. The van der Waals surface area contributed by atoms with Crippen LogP contribution < -0.4 is 10.5 Å². The number of benzene rings is 1. The SMILES string of the molecule is CC(C)(C)[Si](C)(C)O[C@@H]1[C@H](O[Si](C)(C)C(C)(C)C)[C@@H](COS(=O)(=O)NC(=O)c2ccccc2O)O[C@H]1n1cnc2c(N)ncnc21. The first-order valence-electron chi connectivity index (χ1n) is 15.0. The van der Waals surface area contributed by atoms with Crippen molar-refractivity contribution in [1.82, 2.24) is 24.2 Å². The van der Waals surface area contributed by atoms with Crippen LogP contribution in [-0.2, 0) is 28.1 Å². The molecule has 0 saturated carbocycles. The van der Waals surface area contributed by atoms with Gasteiger partial charge in [-0.3, -0.25) is 13.5 Å². The molecule has 1 aliphatic rings. The molecule has 4 atom stereocenters. The van der Waals surface area contributed by atoms with E-state index in [-0.39, 0.29) is 27.2 Å². The molecule has 46 heavy (non-hydrogen) atoms. The van der Waals surface area contributed by atoms with E-state index < -0.39 is 64.0 Å². The fraction of sp³-hybridized carbons (Fsp3) is 0.586. The second-order valence-corrected chi connectivity index (χ2v) is 25.4. The minimum atomic E-state index is -4.64. The Morgan fingerprint density at radius 1 is 1.00 bits per heavy atom. The number of imidazole rings is 1. The number of aromatic nitrogens is 4. The summed E-state index contributed by atoms with van der Waals surface area (Å²) >= 11 is 0. The van der Waals surface area contributed by atoms with Gasteiger partial charge in [-0.05, 0) is 48.4 Å². The summed E-state index contributed by atoms with van der Waals surface area (Å²) in [5, 5.41) is 9.62. The lowest BCUT2D eigenvalue weighted by Gasteiger charge is -2.44. The standard InChI is InChI=1S/C29H46N6O8SSi2/c1-28(2,3)45(7,8)42-22-20(15-40-44(38,39)34-26(37)18-13-11-12-14-19(18)36)41-27(23(22)43-46(9,10)29(4,5)6)35-17-33-21-24(30)31-16-32-25(21)35/h11-14,16-17,20,22-23,27,36H,15H2,1-10H3,(H,34,37)(H2,30,31,32)/t20-,22-,23-,27-/m1/s1. The lowest BCUT2D eigenvalue weighted by atomic mass is 10.1. The molecule has 0 spiro atoms. The van der Waals surface area contributed by atoms with Crippen LogP contribution in [0.25, 0.3) is 11.2 Å². The van der Waals surface area contributed by atoms with Crippen LogP contribution in [0.4, 0.5) is 5.82 Å². The number of anilines is 1. The van der Waals surface area contributed by atoms with Gasteiger partial charge in [0.2, 0.25) is 0 Å². The number of carbonyl (C=O) groups excluding carboxylic acids is 1. The van der Waals surface area contributed by atoms with Crippen LogP contribution in [0.2, 0.25) is 36.3 Å². The molecule has 254 valence electrons. The minimum absolute atomic E-state index is 0.187. The van der Waals surface area contributed by atoms with Crippen molar-refractivity contribution in [2.24, 2.45) is 0 Å². The summed E-state index contributed by atoms with van der Waals surface area (Å²) in [6.07, 6.45) is -0.439. The molecule has 14 nitrogen and oxygen atoms in total. The van der Waals surface area contributed by atoms with E-state index in [0.29, 0.717) is 11.2 Å². The quantitative estimate of drug-likeness (QED) is 0.253. The van der Waals surface area contributed by atoms with Gasteiger partial charge in [0.05, 0.1) is 18.5 Å². The molecule has 1 amide bonds. The van der Waals surface area contributed by atoms with Gasteiger partial charge in [-0.15, -0.1) is 0 Å². The van der Waals surface area contributed by atoms with E-state index >= 15 is 0 Å². The number of nitrogens with two attached hydrogens (primary N) is 1. The summed E-state index contributed by atoms with van der Waals surface area (Å²) in [5.41, 5.74) is 6.66. The highest BCUT2D eigenvalue weighted by molar-refractivity contribution is 7.85. The first-order valence-corrected chi connectivity index (χ1v) is 22.2. The summed E-state index contributed by atoms with van der Waals surface area (Å²) < 4.78 is 55.5. The van der Waals surface area contributed by atoms with E-state index in [0.717, 1.165) is 0 Å². The second kappa shape index (κ2) is 12.6. The number of amides is 1. The van der Waals surface area contributed by atoms with Crippen molar-refractivity contribution in [2.75, 3.05) is 12.3 Å². The number of ether oxygens (including phenoxy) is 1. The van der Waals surface area contributed by atoms with Crippen molar-refractivity contribution in [3.05, 3.63) is 42.5 Å². The minimum Gasteiger partial charge on any atom is -0.507 e. The molecular formula is C29H46N6O8SSi2. The Kier molecular flexibility index (Phi) is 9.83. The molecule has 17 heteroatoms. The molecule has 0 unspecified atom stereocenters. The first-order chi connectivity index (χ1) is 21.0. The average Bonchev–Trinajstić information content (AvgIpc) is 3.48. The smallest absolute Gasteiger partial charge is 0.362 e. The predicted octanol–water partition coefficient (Wildman–Crippen LogP) is 4.48. The lowest BCUT2D eigenvalue weighted by molar-refractivity contribution is -0.0447. The van der Waals surface area contributed by atoms with Crippen molar-refractivity contribution in [3.8, 4) is 5.75 Å². The number of rotatable bonds is 10. The maximum atomic E-state index is 13.0. The Morgan fingerprint density at radius 3 is 2.17 bits per heavy atom. The summed E-state index contributed by atoms with van der Waals surface area (Å²) in [6.45, 7) is 20.6. The number of nitrogens with one attached hydrogen (secondary N) is 1. The van der Waals surface area contributed by atoms with Crippen molar-refractivity contribution in [1.29, 1.82) is 0 Å². The van der Waals surface area contributed by atoms with Gasteiger partial charge < -0.3 is 24.4 Å². The zero-order valence-electron chi connectivity index (χ0n) is 28.1. The normalized spacial score (nSPS) is 21.5. The number of hydrogen-bond donors (Lipinski definition) is 3. The van der Waals surface area contributed by atoms with Crippen LogP contribution in [0.1, 0.15) is 58.1 Å². The van der Waals surface area contributed by atoms with Gasteiger partial charge in [-0.25, -0.2) is 19.7 Å². The number of aromatic hydroxyl groups is 1. The van der Waals surface area contributed by atoms with E-state index in [1.807, 2.05) is 4.72 Å². The topological polar surface area (TPSA) is 190 Å². The van der Waals surface area contributed by atoms with Crippen LogP contribution in [-0.4, -0.2) is 80.5 Å².